The van der Waals surface area contributed by atoms with Crippen molar-refractivity contribution >= 4 is 12.1 Å². The largest absolute Gasteiger partial charge is 0.493 e. The van der Waals surface area contributed by atoms with Crippen LogP contribution in [-0.4, -0.2) is 39.6 Å². The molecule has 0 atom stereocenters. The summed E-state index contributed by atoms with van der Waals surface area (Å²) in [5.41, 5.74) is 3.11. The van der Waals surface area contributed by atoms with E-state index in [2.05, 4.69) is 10.5 Å². The van der Waals surface area contributed by atoms with E-state index in [1.807, 2.05) is 25.1 Å². The first-order valence-corrected chi connectivity index (χ1v) is 8.07. The number of methoxy groups -OCH3 is 2. The van der Waals surface area contributed by atoms with Gasteiger partial charge >= 0.3 is 0 Å². The van der Waals surface area contributed by atoms with E-state index in [4.69, 9.17) is 18.9 Å². The lowest BCUT2D eigenvalue weighted by atomic mass is 10.2. The summed E-state index contributed by atoms with van der Waals surface area (Å²) in [4.78, 5) is 11.9. The van der Waals surface area contributed by atoms with E-state index < -0.39 is 5.91 Å². The van der Waals surface area contributed by atoms with Crippen LogP contribution < -0.4 is 24.4 Å². The van der Waals surface area contributed by atoms with E-state index in [0.29, 0.717) is 35.2 Å². The highest BCUT2D eigenvalue weighted by molar-refractivity contribution is 5.86. The Balaban J connectivity index is 1.95. The van der Waals surface area contributed by atoms with Crippen LogP contribution >= 0.6 is 0 Å². The lowest BCUT2D eigenvalue weighted by molar-refractivity contribution is -0.123. The maximum absolute atomic E-state index is 11.9. The molecule has 7 heteroatoms. The molecule has 0 fully saturated rings. The molecule has 0 saturated carbocycles. The third-order valence-corrected chi connectivity index (χ3v) is 3.34. The molecule has 138 valence electrons. The normalized spacial score (nSPS) is 10.4. The van der Waals surface area contributed by atoms with Crippen molar-refractivity contribution in [2.24, 2.45) is 5.10 Å². The van der Waals surface area contributed by atoms with Gasteiger partial charge in [-0.25, -0.2) is 5.43 Å². The van der Waals surface area contributed by atoms with Crippen LogP contribution in [0, 0.1) is 0 Å². The van der Waals surface area contributed by atoms with E-state index in [0.717, 1.165) is 0 Å². The first kappa shape index (κ1) is 19.1. The smallest absolute Gasteiger partial charge is 0.277 e. The molecule has 26 heavy (non-hydrogen) atoms. The minimum atomic E-state index is -0.395. The Morgan fingerprint density at radius 1 is 1.00 bits per heavy atom. The number of hydrogen-bond donors (Lipinski definition) is 1. The fraction of sp³-hybridized carbons (Fsp3) is 0.263. The van der Waals surface area contributed by atoms with Crippen LogP contribution in [-0.2, 0) is 4.79 Å². The molecule has 0 spiro atoms. The van der Waals surface area contributed by atoms with E-state index in [-0.39, 0.29) is 6.61 Å². The van der Waals surface area contributed by atoms with Gasteiger partial charge in [0.1, 0.15) is 0 Å². The predicted octanol–water partition coefficient (Wildman–Crippen LogP) is 2.63. The molecule has 0 heterocycles. The molecule has 0 aliphatic carbocycles. The van der Waals surface area contributed by atoms with Gasteiger partial charge in [-0.15, -0.1) is 0 Å². The molecule has 2 aromatic carbocycles. The molecule has 0 aliphatic heterocycles. The van der Waals surface area contributed by atoms with Crippen LogP contribution in [0.4, 0.5) is 0 Å². The molecule has 0 unspecified atom stereocenters. The quantitative estimate of drug-likeness (QED) is 0.551. The van der Waals surface area contributed by atoms with E-state index in [1.54, 1.807) is 31.4 Å². The Morgan fingerprint density at radius 3 is 2.38 bits per heavy atom. The Kier molecular flexibility index (Phi) is 7.30. The first-order valence-electron chi connectivity index (χ1n) is 8.07. The molecule has 0 saturated heterocycles. The number of benzene rings is 2. The summed E-state index contributed by atoms with van der Waals surface area (Å²) < 4.78 is 21.4. The maximum Gasteiger partial charge on any atom is 0.277 e. The number of rotatable bonds is 9. The molecule has 1 amide bonds. The van der Waals surface area contributed by atoms with Crippen LogP contribution in [0.15, 0.2) is 47.6 Å². The first-order chi connectivity index (χ1) is 12.7. The summed E-state index contributed by atoms with van der Waals surface area (Å²) in [5, 5.41) is 3.94. The summed E-state index contributed by atoms with van der Waals surface area (Å²) in [5.74, 6) is 1.82. The highest BCUT2D eigenvalue weighted by Gasteiger charge is 2.09. The molecule has 1 N–H and O–H groups in total. The number of nitrogens with one attached hydrogen (secondary N) is 1. The van der Waals surface area contributed by atoms with Crippen molar-refractivity contribution in [2.45, 2.75) is 6.92 Å². The van der Waals surface area contributed by atoms with Crippen molar-refractivity contribution < 1.29 is 23.7 Å². The minimum Gasteiger partial charge on any atom is -0.493 e. The number of carbonyl (C=O) groups excluding carboxylic acids is 1. The summed E-state index contributed by atoms with van der Waals surface area (Å²) in [6.45, 7) is 2.18. The summed E-state index contributed by atoms with van der Waals surface area (Å²) >= 11 is 0. The molecule has 0 bridgehead atoms. The summed E-state index contributed by atoms with van der Waals surface area (Å²) in [6, 6.07) is 12.5. The topological polar surface area (TPSA) is 78.4 Å². The zero-order valence-electron chi connectivity index (χ0n) is 15.0. The Hall–Kier alpha value is -3.22. The average Bonchev–Trinajstić information content (AvgIpc) is 2.67. The van der Waals surface area contributed by atoms with Crippen molar-refractivity contribution in [2.75, 3.05) is 27.4 Å². The van der Waals surface area contributed by atoms with Crippen molar-refractivity contribution in [1.82, 2.24) is 5.43 Å². The fourth-order valence-corrected chi connectivity index (χ4v) is 2.18. The van der Waals surface area contributed by atoms with Gasteiger partial charge in [-0.2, -0.15) is 5.10 Å². The minimum absolute atomic E-state index is 0.186. The van der Waals surface area contributed by atoms with Gasteiger partial charge in [-0.05, 0) is 31.2 Å². The van der Waals surface area contributed by atoms with Crippen molar-refractivity contribution in [3.63, 3.8) is 0 Å². The second-order valence-electron chi connectivity index (χ2n) is 5.04. The summed E-state index contributed by atoms with van der Waals surface area (Å²) in [6.07, 6.45) is 1.49. The number of hydrazone groups is 1. The Labute approximate surface area is 152 Å². The van der Waals surface area contributed by atoms with Gasteiger partial charge < -0.3 is 18.9 Å². The molecule has 0 aliphatic rings. The molecule has 2 aromatic rings. The van der Waals surface area contributed by atoms with Crippen LogP contribution in [0.1, 0.15) is 12.5 Å². The number of carbonyl (C=O) groups is 1. The van der Waals surface area contributed by atoms with Crippen LogP contribution in [0.25, 0.3) is 0 Å². The van der Waals surface area contributed by atoms with Gasteiger partial charge in [0.2, 0.25) is 0 Å². The number of ether oxygens (including phenoxy) is 4. The number of nitrogens with zero attached hydrogens (tertiary/aromatic N) is 1. The zero-order chi connectivity index (χ0) is 18.8. The zero-order valence-corrected chi connectivity index (χ0v) is 15.0. The SMILES string of the molecule is CCOc1c(/C=N/NC(=O)COc2ccccc2OC)cccc1OC. The highest BCUT2D eigenvalue weighted by Crippen LogP contribution is 2.30. The second-order valence-corrected chi connectivity index (χ2v) is 5.04. The average molecular weight is 358 g/mol. The Morgan fingerprint density at radius 2 is 1.69 bits per heavy atom. The third kappa shape index (κ3) is 5.14. The van der Waals surface area contributed by atoms with Crippen molar-refractivity contribution in [3.05, 3.63) is 48.0 Å². The van der Waals surface area contributed by atoms with Gasteiger partial charge in [0, 0.05) is 5.56 Å². The second kappa shape index (κ2) is 9.93. The number of amides is 1. The van der Waals surface area contributed by atoms with Crippen LogP contribution in [0.2, 0.25) is 0 Å². The summed E-state index contributed by atoms with van der Waals surface area (Å²) in [7, 11) is 3.10. The van der Waals surface area contributed by atoms with Gasteiger partial charge in [0.25, 0.3) is 5.91 Å². The molecule has 0 radical (unpaired) electrons. The highest BCUT2D eigenvalue weighted by atomic mass is 16.5. The lowest BCUT2D eigenvalue weighted by Gasteiger charge is -2.11. The van der Waals surface area contributed by atoms with Gasteiger partial charge in [-0.3, -0.25) is 4.79 Å². The number of hydrogen-bond acceptors (Lipinski definition) is 6. The monoisotopic (exact) mass is 358 g/mol. The fourth-order valence-electron chi connectivity index (χ4n) is 2.18. The van der Waals surface area contributed by atoms with Crippen molar-refractivity contribution in [1.29, 1.82) is 0 Å². The number of para-hydroxylation sites is 3. The van der Waals surface area contributed by atoms with Gasteiger partial charge in [-0.1, -0.05) is 18.2 Å². The maximum atomic E-state index is 11.9. The van der Waals surface area contributed by atoms with Crippen molar-refractivity contribution in [3.8, 4) is 23.0 Å². The van der Waals surface area contributed by atoms with Gasteiger partial charge in [0.05, 0.1) is 27.0 Å². The Bertz CT molecular complexity index is 761. The molecule has 7 nitrogen and oxygen atoms in total. The standard InChI is InChI=1S/C19H22N2O5/c1-4-25-19-14(8-7-11-17(19)24-3)12-20-21-18(22)13-26-16-10-6-5-9-15(16)23-2/h5-12H,4,13H2,1-3H3,(H,21,22)/b20-12+. The molecular formula is C19H22N2O5. The molecule has 2 rings (SSSR count). The van der Waals surface area contributed by atoms with Crippen LogP contribution in [0.3, 0.4) is 0 Å². The van der Waals surface area contributed by atoms with Crippen LogP contribution in [0.5, 0.6) is 23.0 Å². The lowest BCUT2D eigenvalue weighted by Crippen LogP contribution is -2.24. The third-order valence-electron chi connectivity index (χ3n) is 3.34. The molecular weight excluding hydrogens is 336 g/mol. The van der Waals surface area contributed by atoms with E-state index >= 15 is 0 Å². The molecule has 0 aromatic heterocycles. The van der Waals surface area contributed by atoms with E-state index in [9.17, 15) is 4.79 Å². The predicted molar refractivity (Wildman–Crippen MR) is 98.4 cm³/mol. The van der Waals surface area contributed by atoms with E-state index in [1.165, 1.54) is 13.3 Å². The van der Waals surface area contributed by atoms with Gasteiger partial charge in [0.15, 0.2) is 29.6 Å².